The summed E-state index contributed by atoms with van der Waals surface area (Å²) in [6.07, 6.45) is 1.77. The third-order valence-corrected chi connectivity index (χ3v) is 4.17. The van der Waals surface area contributed by atoms with Crippen LogP contribution >= 0.6 is 11.3 Å². The fourth-order valence-corrected chi connectivity index (χ4v) is 2.85. The Morgan fingerprint density at radius 3 is 2.32 bits per heavy atom. The number of carbonyl (C=O) groups is 1. The van der Waals surface area contributed by atoms with E-state index in [2.05, 4.69) is 10.3 Å². The number of aromatic nitrogens is 1. The van der Waals surface area contributed by atoms with Crippen molar-refractivity contribution in [2.75, 3.05) is 18.5 Å². The highest BCUT2D eigenvalue weighted by atomic mass is 32.1. The van der Waals surface area contributed by atoms with E-state index in [1.165, 1.54) is 0 Å². The lowest BCUT2D eigenvalue weighted by molar-refractivity contribution is -0.118. The minimum Gasteiger partial charge on any atom is -0.494 e. The van der Waals surface area contributed by atoms with E-state index in [0.29, 0.717) is 12.4 Å². The Morgan fingerprint density at radius 2 is 1.72 bits per heavy atom. The molecule has 5 nitrogen and oxygen atoms in total. The molecule has 6 heteroatoms. The summed E-state index contributed by atoms with van der Waals surface area (Å²) in [6, 6.07) is 14.8. The molecular weight excluding hydrogens is 336 g/mol. The van der Waals surface area contributed by atoms with Crippen molar-refractivity contribution in [1.29, 1.82) is 0 Å². The Labute approximate surface area is 150 Å². The molecule has 0 bridgehead atoms. The summed E-state index contributed by atoms with van der Waals surface area (Å²) in [5.41, 5.74) is 1.75. The first-order chi connectivity index (χ1) is 12.2. The fourth-order valence-electron chi connectivity index (χ4n) is 2.21. The van der Waals surface area contributed by atoms with Crippen LogP contribution in [0.15, 0.2) is 60.1 Å². The average Bonchev–Trinajstić information content (AvgIpc) is 3.17. The zero-order valence-corrected chi connectivity index (χ0v) is 14.6. The van der Waals surface area contributed by atoms with Gasteiger partial charge in [0.2, 0.25) is 0 Å². The molecule has 0 unspecified atom stereocenters. The maximum absolute atomic E-state index is 12.0. The van der Waals surface area contributed by atoms with Gasteiger partial charge in [0.15, 0.2) is 6.61 Å². The number of nitrogens with zero attached hydrogens (tertiary/aromatic N) is 1. The molecule has 128 valence electrons. The second kappa shape index (κ2) is 8.30. The molecule has 1 heterocycles. The number of ether oxygens (including phenoxy) is 2. The maximum atomic E-state index is 12.0. The van der Waals surface area contributed by atoms with Crippen molar-refractivity contribution in [2.24, 2.45) is 0 Å². The van der Waals surface area contributed by atoms with E-state index < -0.39 is 0 Å². The van der Waals surface area contributed by atoms with Gasteiger partial charge in [-0.15, -0.1) is 11.3 Å². The molecule has 0 aliphatic heterocycles. The highest BCUT2D eigenvalue weighted by Crippen LogP contribution is 2.23. The van der Waals surface area contributed by atoms with Gasteiger partial charge in [0, 0.05) is 22.8 Å². The van der Waals surface area contributed by atoms with Crippen LogP contribution in [0.4, 0.5) is 5.69 Å². The van der Waals surface area contributed by atoms with Gasteiger partial charge in [-0.2, -0.15) is 0 Å². The summed E-state index contributed by atoms with van der Waals surface area (Å²) in [7, 11) is 0. The molecule has 1 aromatic heterocycles. The van der Waals surface area contributed by atoms with E-state index in [4.69, 9.17) is 9.47 Å². The molecular formula is C19H18N2O3S. The van der Waals surface area contributed by atoms with Crippen LogP contribution in [0, 0.1) is 0 Å². The van der Waals surface area contributed by atoms with Gasteiger partial charge in [-0.25, -0.2) is 4.98 Å². The Balaban J connectivity index is 1.50. The standard InChI is InChI=1S/C19H18N2O3S/c1-2-23-16-7-9-17(10-8-16)24-13-18(22)21-15-5-3-14(4-6-15)19-20-11-12-25-19/h3-12H,2,13H2,1H3,(H,21,22). The number of anilines is 1. The quantitative estimate of drug-likeness (QED) is 0.690. The van der Waals surface area contributed by atoms with Gasteiger partial charge in [-0.1, -0.05) is 0 Å². The smallest absolute Gasteiger partial charge is 0.262 e. The van der Waals surface area contributed by atoms with Crippen LogP contribution in [0.5, 0.6) is 11.5 Å². The van der Waals surface area contributed by atoms with E-state index >= 15 is 0 Å². The average molecular weight is 354 g/mol. The molecule has 3 rings (SSSR count). The summed E-state index contributed by atoms with van der Waals surface area (Å²) in [4.78, 5) is 16.3. The second-order valence-electron chi connectivity index (χ2n) is 5.16. The Bertz CT molecular complexity index is 800. The van der Waals surface area contributed by atoms with Gasteiger partial charge in [0.05, 0.1) is 6.61 Å². The lowest BCUT2D eigenvalue weighted by atomic mass is 10.2. The van der Waals surface area contributed by atoms with E-state index in [1.54, 1.807) is 29.7 Å². The Hall–Kier alpha value is -2.86. The summed E-state index contributed by atoms with van der Waals surface area (Å²) in [6.45, 7) is 2.49. The highest BCUT2D eigenvalue weighted by molar-refractivity contribution is 7.13. The maximum Gasteiger partial charge on any atom is 0.262 e. The molecule has 0 saturated heterocycles. The monoisotopic (exact) mass is 354 g/mol. The van der Waals surface area contributed by atoms with Crippen molar-refractivity contribution in [3.63, 3.8) is 0 Å². The van der Waals surface area contributed by atoms with Crippen LogP contribution in [-0.2, 0) is 4.79 Å². The molecule has 0 fully saturated rings. The topological polar surface area (TPSA) is 60.5 Å². The third-order valence-electron chi connectivity index (χ3n) is 3.35. The molecule has 0 aliphatic carbocycles. The zero-order chi connectivity index (χ0) is 17.5. The number of hydrogen-bond donors (Lipinski definition) is 1. The summed E-state index contributed by atoms with van der Waals surface area (Å²) in [5, 5.41) is 5.70. The van der Waals surface area contributed by atoms with Gasteiger partial charge in [-0.05, 0) is 55.5 Å². The number of hydrogen-bond acceptors (Lipinski definition) is 5. The Morgan fingerprint density at radius 1 is 1.04 bits per heavy atom. The predicted octanol–water partition coefficient (Wildman–Crippen LogP) is 4.23. The van der Waals surface area contributed by atoms with E-state index in [1.807, 2.05) is 48.7 Å². The van der Waals surface area contributed by atoms with Crippen LogP contribution in [0.3, 0.4) is 0 Å². The van der Waals surface area contributed by atoms with E-state index in [-0.39, 0.29) is 12.5 Å². The molecule has 0 saturated carbocycles. The summed E-state index contributed by atoms with van der Waals surface area (Å²) >= 11 is 1.58. The van der Waals surface area contributed by atoms with Crippen molar-refractivity contribution in [1.82, 2.24) is 4.98 Å². The number of benzene rings is 2. The highest BCUT2D eigenvalue weighted by Gasteiger charge is 2.05. The van der Waals surface area contributed by atoms with Crippen molar-refractivity contribution >= 4 is 22.9 Å². The van der Waals surface area contributed by atoms with Crippen molar-refractivity contribution in [3.8, 4) is 22.1 Å². The van der Waals surface area contributed by atoms with Crippen LogP contribution < -0.4 is 14.8 Å². The van der Waals surface area contributed by atoms with Crippen LogP contribution in [0.1, 0.15) is 6.92 Å². The molecule has 25 heavy (non-hydrogen) atoms. The van der Waals surface area contributed by atoms with Crippen molar-refractivity contribution in [2.45, 2.75) is 6.92 Å². The second-order valence-corrected chi connectivity index (χ2v) is 6.05. The van der Waals surface area contributed by atoms with E-state index in [0.717, 1.165) is 22.0 Å². The minimum absolute atomic E-state index is 0.0534. The molecule has 0 radical (unpaired) electrons. The molecule has 3 aromatic rings. The van der Waals surface area contributed by atoms with Crippen LogP contribution in [0.2, 0.25) is 0 Å². The molecule has 0 spiro atoms. The van der Waals surface area contributed by atoms with Crippen molar-refractivity contribution < 1.29 is 14.3 Å². The number of thiazole rings is 1. The minimum atomic E-state index is -0.212. The lowest BCUT2D eigenvalue weighted by Crippen LogP contribution is -2.20. The van der Waals surface area contributed by atoms with Gasteiger partial charge in [-0.3, -0.25) is 4.79 Å². The van der Waals surface area contributed by atoms with Gasteiger partial charge < -0.3 is 14.8 Å². The van der Waals surface area contributed by atoms with Crippen LogP contribution in [-0.4, -0.2) is 24.1 Å². The normalized spacial score (nSPS) is 10.3. The summed E-state index contributed by atoms with van der Waals surface area (Å²) < 4.78 is 10.8. The van der Waals surface area contributed by atoms with Gasteiger partial charge in [0.25, 0.3) is 5.91 Å². The number of amides is 1. The van der Waals surface area contributed by atoms with Gasteiger partial charge >= 0.3 is 0 Å². The first-order valence-electron chi connectivity index (χ1n) is 7.90. The molecule has 1 amide bonds. The number of carbonyl (C=O) groups excluding carboxylic acids is 1. The fraction of sp³-hybridized carbons (Fsp3) is 0.158. The first-order valence-corrected chi connectivity index (χ1v) is 8.78. The predicted molar refractivity (Wildman–Crippen MR) is 99.3 cm³/mol. The zero-order valence-electron chi connectivity index (χ0n) is 13.8. The number of nitrogens with one attached hydrogen (secondary N) is 1. The summed E-state index contributed by atoms with van der Waals surface area (Å²) in [5.74, 6) is 1.19. The third kappa shape index (κ3) is 4.81. The largest absolute Gasteiger partial charge is 0.494 e. The Kier molecular flexibility index (Phi) is 5.64. The lowest BCUT2D eigenvalue weighted by Gasteiger charge is -2.09. The number of rotatable bonds is 7. The van der Waals surface area contributed by atoms with Crippen molar-refractivity contribution in [3.05, 3.63) is 60.1 Å². The first kappa shape index (κ1) is 17.0. The van der Waals surface area contributed by atoms with E-state index in [9.17, 15) is 4.79 Å². The molecule has 2 aromatic carbocycles. The molecule has 1 N–H and O–H groups in total. The molecule has 0 aliphatic rings. The van der Waals surface area contributed by atoms with Gasteiger partial charge in [0.1, 0.15) is 16.5 Å². The molecule has 0 atom stereocenters. The SMILES string of the molecule is CCOc1ccc(OCC(=O)Nc2ccc(-c3nccs3)cc2)cc1. The van der Waals surface area contributed by atoms with Crippen LogP contribution in [0.25, 0.3) is 10.6 Å².